The summed E-state index contributed by atoms with van der Waals surface area (Å²) in [6, 6.07) is 2.11. The molecule has 0 aliphatic heterocycles. The quantitative estimate of drug-likeness (QED) is 0.623. The highest BCUT2D eigenvalue weighted by molar-refractivity contribution is 7.79. The summed E-state index contributed by atoms with van der Waals surface area (Å²) in [6.45, 7) is 1.76. The molecule has 0 radical (unpaired) electrons. The van der Waals surface area contributed by atoms with Crippen LogP contribution < -0.4 is 0 Å². The van der Waals surface area contributed by atoms with Crippen LogP contribution in [0.1, 0.15) is 23.0 Å². The van der Waals surface area contributed by atoms with Gasteiger partial charge in [0.15, 0.2) is 5.69 Å². The smallest absolute Gasteiger partial charge is 0.417 e. The van der Waals surface area contributed by atoms with Gasteiger partial charge in [0.1, 0.15) is 5.65 Å². The second-order valence-electron chi connectivity index (χ2n) is 3.96. The van der Waals surface area contributed by atoms with Gasteiger partial charge in [0.05, 0.1) is 18.4 Å². The molecule has 0 spiro atoms. The zero-order chi connectivity index (χ0) is 17.8. The SMILES string of the molecule is CCOC(=O)c1cnc2ccc(C(F)(F)F)cn12.O=S(=O)(O)O. The number of ether oxygens (including phenoxy) is 1. The molecular formula is C11H11F3N2O6S. The van der Waals surface area contributed by atoms with E-state index in [-0.39, 0.29) is 17.9 Å². The van der Waals surface area contributed by atoms with E-state index in [0.717, 1.165) is 16.7 Å². The summed E-state index contributed by atoms with van der Waals surface area (Å²) >= 11 is 0. The van der Waals surface area contributed by atoms with Crippen LogP contribution >= 0.6 is 0 Å². The fourth-order valence-electron chi connectivity index (χ4n) is 1.50. The second-order valence-corrected chi connectivity index (χ2v) is 4.85. The molecule has 8 nitrogen and oxygen atoms in total. The topological polar surface area (TPSA) is 118 Å². The summed E-state index contributed by atoms with van der Waals surface area (Å²) < 4.78 is 75.1. The molecule has 2 rings (SSSR count). The summed E-state index contributed by atoms with van der Waals surface area (Å²) in [4.78, 5) is 15.4. The largest absolute Gasteiger partial charge is 0.461 e. The Balaban J connectivity index is 0.000000463. The van der Waals surface area contributed by atoms with Gasteiger partial charge < -0.3 is 4.74 Å². The fourth-order valence-corrected chi connectivity index (χ4v) is 1.50. The lowest BCUT2D eigenvalue weighted by Gasteiger charge is -2.07. The lowest BCUT2D eigenvalue weighted by Crippen LogP contribution is -2.10. The van der Waals surface area contributed by atoms with E-state index in [1.165, 1.54) is 12.3 Å². The first kappa shape index (κ1) is 18.9. The number of hydrogen-bond acceptors (Lipinski definition) is 5. The molecule has 23 heavy (non-hydrogen) atoms. The zero-order valence-electron chi connectivity index (χ0n) is 11.5. The number of rotatable bonds is 2. The van der Waals surface area contributed by atoms with Gasteiger partial charge >= 0.3 is 22.5 Å². The van der Waals surface area contributed by atoms with Crippen LogP contribution in [-0.4, -0.2) is 39.5 Å². The Bertz CT molecular complexity index is 792. The summed E-state index contributed by atoms with van der Waals surface area (Å²) in [5, 5.41) is 0. The normalized spacial score (nSPS) is 11.7. The number of halogens is 3. The van der Waals surface area contributed by atoms with Gasteiger partial charge in [-0.3, -0.25) is 13.5 Å². The number of imidazole rings is 1. The first-order valence-electron chi connectivity index (χ1n) is 5.84. The van der Waals surface area contributed by atoms with Gasteiger partial charge in [-0.15, -0.1) is 0 Å². The monoisotopic (exact) mass is 356 g/mol. The lowest BCUT2D eigenvalue weighted by atomic mass is 10.3. The number of esters is 1. The highest BCUT2D eigenvalue weighted by atomic mass is 32.3. The minimum Gasteiger partial charge on any atom is -0.461 e. The molecule has 0 atom stereocenters. The van der Waals surface area contributed by atoms with Gasteiger partial charge in [0.2, 0.25) is 0 Å². The molecule has 2 aromatic rings. The average molecular weight is 356 g/mol. The van der Waals surface area contributed by atoms with Crippen LogP contribution in [0, 0.1) is 0 Å². The van der Waals surface area contributed by atoms with Crippen LogP contribution in [-0.2, 0) is 21.3 Å². The summed E-state index contributed by atoms with van der Waals surface area (Å²) in [6.07, 6.45) is -2.45. The third-order valence-corrected chi connectivity index (χ3v) is 2.32. The number of alkyl halides is 3. The predicted molar refractivity (Wildman–Crippen MR) is 70.3 cm³/mol. The van der Waals surface area contributed by atoms with Crippen LogP contribution in [0.5, 0.6) is 0 Å². The van der Waals surface area contributed by atoms with Crippen molar-refractivity contribution in [2.45, 2.75) is 13.1 Å². The first-order chi connectivity index (χ1) is 10.4. The molecule has 2 heterocycles. The van der Waals surface area contributed by atoms with E-state index >= 15 is 0 Å². The van der Waals surface area contributed by atoms with E-state index in [4.69, 9.17) is 22.3 Å². The maximum absolute atomic E-state index is 12.6. The molecule has 2 N–H and O–H groups in total. The van der Waals surface area contributed by atoms with E-state index in [1.807, 2.05) is 0 Å². The highest BCUT2D eigenvalue weighted by Gasteiger charge is 2.31. The molecule has 2 aromatic heterocycles. The third kappa shape index (κ3) is 5.84. The Kier molecular flexibility index (Phi) is 5.69. The molecule has 0 amide bonds. The van der Waals surface area contributed by atoms with Crippen LogP contribution in [0.25, 0.3) is 5.65 Å². The summed E-state index contributed by atoms with van der Waals surface area (Å²) in [5.41, 5.74) is -0.623. The van der Waals surface area contributed by atoms with Crippen molar-refractivity contribution < 1.29 is 40.2 Å². The molecular weight excluding hydrogens is 345 g/mol. The fraction of sp³-hybridized carbons (Fsp3) is 0.273. The van der Waals surface area contributed by atoms with Crippen molar-refractivity contribution in [3.05, 3.63) is 35.8 Å². The molecule has 0 aliphatic carbocycles. The third-order valence-electron chi connectivity index (χ3n) is 2.32. The molecule has 128 valence electrons. The van der Waals surface area contributed by atoms with Gasteiger partial charge in [0.25, 0.3) is 0 Å². The minimum atomic E-state index is -4.67. The Morgan fingerprint density at radius 2 is 1.91 bits per heavy atom. The van der Waals surface area contributed by atoms with Crippen molar-refractivity contribution in [2.24, 2.45) is 0 Å². The van der Waals surface area contributed by atoms with Crippen LogP contribution in [0.4, 0.5) is 13.2 Å². The van der Waals surface area contributed by atoms with Gasteiger partial charge in [-0.1, -0.05) is 0 Å². The van der Waals surface area contributed by atoms with Gasteiger partial charge in [-0.25, -0.2) is 9.78 Å². The first-order valence-corrected chi connectivity index (χ1v) is 7.24. The number of hydrogen-bond donors (Lipinski definition) is 2. The average Bonchev–Trinajstić information content (AvgIpc) is 2.78. The standard InChI is InChI=1S/C11H9F3N2O2.H2O4S/c1-2-18-10(17)8-5-15-9-4-3-7(6-16(8)9)11(12,13)14;1-5(2,3)4/h3-6H,2H2,1H3;(H2,1,2,3,4). The molecule has 0 bridgehead atoms. The number of aromatic nitrogens is 2. The van der Waals surface area contributed by atoms with E-state index < -0.39 is 28.1 Å². The van der Waals surface area contributed by atoms with Crippen molar-refractivity contribution in [2.75, 3.05) is 6.61 Å². The lowest BCUT2D eigenvalue weighted by molar-refractivity contribution is -0.137. The Labute approximate surface area is 128 Å². The molecule has 12 heteroatoms. The maximum Gasteiger partial charge on any atom is 0.417 e. The van der Waals surface area contributed by atoms with Crippen molar-refractivity contribution in [3.63, 3.8) is 0 Å². The zero-order valence-corrected chi connectivity index (χ0v) is 12.3. The Morgan fingerprint density at radius 3 is 2.39 bits per heavy atom. The van der Waals surface area contributed by atoms with Crippen molar-refractivity contribution in [1.82, 2.24) is 9.38 Å². The number of carbonyl (C=O) groups is 1. The van der Waals surface area contributed by atoms with Gasteiger partial charge in [0, 0.05) is 6.20 Å². The minimum absolute atomic E-state index is 0.0297. The van der Waals surface area contributed by atoms with Crippen LogP contribution in [0.3, 0.4) is 0 Å². The predicted octanol–water partition coefficient (Wildman–Crippen LogP) is 1.88. The number of fused-ring (bicyclic) bond motifs is 1. The van der Waals surface area contributed by atoms with E-state index in [0.29, 0.717) is 0 Å². The van der Waals surface area contributed by atoms with Crippen molar-refractivity contribution in [1.29, 1.82) is 0 Å². The van der Waals surface area contributed by atoms with Gasteiger partial charge in [-0.2, -0.15) is 21.6 Å². The molecule has 0 saturated heterocycles. The molecule has 0 unspecified atom stereocenters. The Morgan fingerprint density at radius 1 is 1.35 bits per heavy atom. The summed E-state index contributed by atoms with van der Waals surface area (Å²) in [7, 11) is -4.67. The van der Waals surface area contributed by atoms with E-state index in [2.05, 4.69) is 4.98 Å². The van der Waals surface area contributed by atoms with Crippen LogP contribution in [0.15, 0.2) is 24.5 Å². The molecule has 0 aliphatic rings. The van der Waals surface area contributed by atoms with Gasteiger partial charge in [-0.05, 0) is 19.1 Å². The number of pyridine rings is 1. The van der Waals surface area contributed by atoms with Crippen molar-refractivity contribution in [3.8, 4) is 0 Å². The number of carbonyl (C=O) groups excluding carboxylic acids is 1. The molecule has 0 fully saturated rings. The second kappa shape index (κ2) is 6.93. The molecule has 0 saturated carbocycles. The summed E-state index contributed by atoms with van der Waals surface area (Å²) in [5.74, 6) is -0.704. The molecule has 0 aromatic carbocycles. The van der Waals surface area contributed by atoms with E-state index in [1.54, 1.807) is 6.92 Å². The van der Waals surface area contributed by atoms with Crippen molar-refractivity contribution >= 4 is 22.0 Å². The van der Waals surface area contributed by atoms with E-state index in [9.17, 15) is 18.0 Å². The highest BCUT2D eigenvalue weighted by Crippen LogP contribution is 2.29. The number of nitrogens with zero attached hydrogens (tertiary/aromatic N) is 2. The maximum atomic E-state index is 12.6. The Hall–Kier alpha value is -2.18. The van der Waals surface area contributed by atoms with Crippen LogP contribution in [0.2, 0.25) is 0 Å².